The Morgan fingerprint density at radius 2 is 1.64 bits per heavy atom. The molecule has 1 aliphatic heterocycles. The molecule has 1 saturated heterocycles. The molecule has 0 N–H and O–H groups in total. The summed E-state index contributed by atoms with van der Waals surface area (Å²) in [6, 6.07) is 9.78. The molecule has 0 atom stereocenters. The average molecular weight is 383 g/mol. The lowest BCUT2D eigenvalue weighted by Crippen LogP contribution is -2.47. The first-order valence-corrected chi connectivity index (χ1v) is 9.03. The van der Waals surface area contributed by atoms with Crippen LogP contribution in [0.15, 0.2) is 53.5 Å². The lowest BCUT2D eigenvalue weighted by atomic mass is 10.1. The monoisotopic (exact) mass is 383 g/mol. The van der Waals surface area contributed by atoms with Crippen molar-refractivity contribution in [1.29, 1.82) is 0 Å². The molecule has 28 heavy (non-hydrogen) atoms. The lowest BCUT2D eigenvalue weighted by Gasteiger charge is -2.32. The zero-order valence-corrected chi connectivity index (χ0v) is 15.4. The van der Waals surface area contributed by atoms with E-state index in [1.165, 1.54) is 12.3 Å². The number of amides is 1. The van der Waals surface area contributed by atoms with Gasteiger partial charge in [-0.15, -0.1) is 0 Å². The van der Waals surface area contributed by atoms with Gasteiger partial charge in [-0.05, 0) is 25.2 Å². The van der Waals surface area contributed by atoms with Crippen LogP contribution in [0, 0.1) is 11.6 Å². The first-order valence-electron chi connectivity index (χ1n) is 9.03. The minimum Gasteiger partial charge on any atom is -0.336 e. The Labute approximate surface area is 160 Å². The third-order valence-corrected chi connectivity index (χ3v) is 5.11. The van der Waals surface area contributed by atoms with Crippen LogP contribution in [0.2, 0.25) is 0 Å². The summed E-state index contributed by atoms with van der Waals surface area (Å²) in [5.41, 5.74) is -0.232. The standard InChI is InChI=1S/C21H19F2N3O2/c1-24-8-10-25(11-9-24)20(27)17-13-26(19-7-6-14(22)12-18(19)23)21(28)16-5-3-2-4-15(16)17/h2-7,12-13H,8-11H2,1H3. The van der Waals surface area contributed by atoms with E-state index in [0.29, 0.717) is 29.4 Å². The number of rotatable bonds is 2. The second kappa shape index (κ2) is 7.16. The Kier molecular flexibility index (Phi) is 4.68. The Morgan fingerprint density at radius 1 is 0.964 bits per heavy atom. The Bertz CT molecular complexity index is 1120. The minimum atomic E-state index is -0.865. The van der Waals surface area contributed by atoms with E-state index < -0.39 is 17.2 Å². The van der Waals surface area contributed by atoms with Gasteiger partial charge >= 0.3 is 0 Å². The molecule has 1 aliphatic rings. The van der Waals surface area contributed by atoms with Crippen molar-refractivity contribution in [2.24, 2.45) is 0 Å². The number of fused-ring (bicyclic) bond motifs is 1. The van der Waals surface area contributed by atoms with Crippen LogP contribution in [0.5, 0.6) is 0 Å². The van der Waals surface area contributed by atoms with Crippen molar-refractivity contribution in [2.75, 3.05) is 33.2 Å². The van der Waals surface area contributed by atoms with Crippen molar-refractivity contribution in [3.05, 3.63) is 76.2 Å². The number of likely N-dealkylation sites (N-methyl/N-ethyl adjacent to an activating group) is 1. The summed E-state index contributed by atoms with van der Waals surface area (Å²) in [6.45, 7) is 2.67. The van der Waals surface area contributed by atoms with E-state index in [1.54, 1.807) is 29.2 Å². The van der Waals surface area contributed by atoms with Crippen LogP contribution in [0.25, 0.3) is 16.5 Å². The molecular weight excluding hydrogens is 364 g/mol. The second-order valence-corrected chi connectivity index (χ2v) is 6.95. The van der Waals surface area contributed by atoms with Gasteiger partial charge in [0.15, 0.2) is 0 Å². The van der Waals surface area contributed by atoms with Crippen LogP contribution in [0.1, 0.15) is 10.4 Å². The molecule has 1 amide bonds. The highest BCUT2D eigenvalue weighted by atomic mass is 19.1. The molecule has 144 valence electrons. The van der Waals surface area contributed by atoms with Gasteiger partial charge in [-0.1, -0.05) is 18.2 Å². The van der Waals surface area contributed by atoms with E-state index in [0.717, 1.165) is 29.8 Å². The van der Waals surface area contributed by atoms with Crippen LogP contribution in [0.4, 0.5) is 8.78 Å². The topological polar surface area (TPSA) is 45.5 Å². The van der Waals surface area contributed by atoms with Crippen molar-refractivity contribution in [1.82, 2.24) is 14.4 Å². The van der Waals surface area contributed by atoms with Gasteiger partial charge in [-0.2, -0.15) is 0 Å². The SMILES string of the molecule is CN1CCN(C(=O)c2cn(-c3ccc(F)cc3F)c(=O)c3ccccc23)CC1. The van der Waals surface area contributed by atoms with Crippen molar-refractivity contribution in [2.45, 2.75) is 0 Å². The Hall–Kier alpha value is -3.06. The number of halogens is 2. The molecule has 0 bridgehead atoms. The van der Waals surface area contributed by atoms with Crippen LogP contribution in [0.3, 0.4) is 0 Å². The van der Waals surface area contributed by atoms with Crippen molar-refractivity contribution in [3.8, 4) is 5.69 Å². The highest BCUT2D eigenvalue weighted by Crippen LogP contribution is 2.21. The van der Waals surface area contributed by atoms with Crippen molar-refractivity contribution in [3.63, 3.8) is 0 Å². The molecule has 0 aliphatic carbocycles. The number of nitrogens with zero attached hydrogens (tertiary/aromatic N) is 3. The van der Waals surface area contributed by atoms with Crippen LogP contribution >= 0.6 is 0 Å². The molecule has 2 heterocycles. The highest BCUT2D eigenvalue weighted by molar-refractivity contribution is 6.06. The van der Waals surface area contributed by atoms with Gasteiger partial charge in [0.2, 0.25) is 0 Å². The molecule has 2 aromatic carbocycles. The number of aromatic nitrogens is 1. The van der Waals surface area contributed by atoms with Gasteiger partial charge in [0.25, 0.3) is 11.5 Å². The van der Waals surface area contributed by atoms with Gasteiger partial charge in [-0.3, -0.25) is 14.2 Å². The maximum absolute atomic E-state index is 14.3. The van der Waals surface area contributed by atoms with E-state index in [1.807, 2.05) is 7.05 Å². The summed E-state index contributed by atoms with van der Waals surface area (Å²) in [6.07, 6.45) is 1.36. The molecule has 7 heteroatoms. The van der Waals surface area contributed by atoms with Gasteiger partial charge in [0.1, 0.15) is 11.6 Å². The molecule has 5 nitrogen and oxygen atoms in total. The second-order valence-electron chi connectivity index (χ2n) is 6.95. The smallest absolute Gasteiger partial charge is 0.263 e. The van der Waals surface area contributed by atoms with Crippen LogP contribution in [-0.2, 0) is 0 Å². The molecule has 3 aromatic rings. The molecule has 1 fully saturated rings. The minimum absolute atomic E-state index is 0.0930. The zero-order valence-electron chi connectivity index (χ0n) is 15.4. The molecule has 0 radical (unpaired) electrons. The Balaban J connectivity index is 1.90. The number of piperazine rings is 1. The third-order valence-electron chi connectivity index (χ3n) is 5.11. The predicted octanol–water partition coefficient (Wildman–Crippen LogP) is 2.66. The number of hydrogen-bond acceptors (Lipinski definition) is 3. The first-order chi connectivity index (χ1) is 13.5. The van der Waals surface area contributed by atoms with Crippen molar-refractivity contribution >= 4 is 16.7 Å². The number of carbonyl (C=O) groups excluding carboxylic acids is 1. The normalized spacial score (nSPS) is 15.2. The van der Waals surface area contributed by atoms with E-state index >= 15 is 0 Å². The maximum atomic E-state index is 14.3. The van der Waals surface area contributed by atoms with E-state index in [9.17, 15) is 18.4 Å². The molecule has 0 unspecified atom stereocenters. The quantitative estimate of drug-likeness (QED) is 0.684. The van der Waals surface area contributed by atoms with Gasteiger partial charge in [0.05, 0.1) is 11.3 Å². The lowest BCUT2D eigenvalue weighted by molar-refractivity contribution is 0.0665. The summed E-state index contributed by atoms with van der Waals surface area (Å²) in [5.74, 6) is -1.81. The van der Waals surface area contributed by atoms with Crippen LogP contribution in [-0.4, -0.2) is 53.5 Å². The summed E-state index contributed by atoms with van der Waals surface area (Å²) in [5, 5.41) is 0.835. The number of carbonyl (C=O) groups is 1. The van der Waals surface area contributed by atoms with Gasteiger partial charge in [-0.25, -0.2) is 8.78 Å². The van der Waals surface area contributed by atoms with Crippen molar-refractivity contribution < 1.29 is 13.6 Å². The average Bonchev–Trinajstić information content (AvgIpc) is 2.69. The van der Waals surface area contributed by atoms with E-state index in [-0.39, 0.29) is 11.6 Å². The predicted molar refractivity (Wildman–Crippen MR) is 103 cm³/mol. The molecule has 4 rings (SSSR count). The Morgan fingerprint density at radius 3 is 2.32 bits per heavy atom. The summed E-state index contributed by atoms with van der Waals surface area (Å²) >= 11 is 0. The number of benzene rings is 2. The molecule has 0 saturated carbocycles. The highest BCUT2D eigenvalue weighted by Gasteiger charge is 2.24. The summed E-state index contributed by atoms with van der Waals surface area (Å²) in [4.78, 5) is 30.0. The van der Waals surface area contributed by atoms with Crippen LogP contribution < -0.4 is 5.56 Å². The number of pyridine rings is 1. The fraction of sp³-hybridized carbons (Fsp3) is 0.238. The molecule has 0 spiro atoms. The van der Waals surface area contributed by atoms with E-state index in [2.05, 4.69) is 4.90 Å². The fourth-order valence-electron chi connectivity index (χ4n) is 3.50. The van der Waals surface area contributed by atoms with E-state index in [4.69, 9.17) is 0 Å². The summed E-state index contributed by atoms with van der Waals surface area (Å²) in [7, 11) is 1.99. The maximum Gasteiger partial charge on any atom is 0.263 e. The molecule has 1 aromatic heterocycles. The van der Waals surface area contributed by atoms with Gasteiger partial charge in [0, 0.05) is 49.2 Å². The van der Waals surface area contributed by atoms with Gasteiger partial charge < -0.3 is 9.80 Å². The largest absolute Gasteiger partial charge is 0.336 e. The molecular formula is C21H19F2N3O2. The number of hydrogen-bond donors (Lipinski definition) is 0. The first kappa shape index (κ1) is 18.3. The zero-order chi connectivity index (χ0) is 19.8. The third kappa shape index (κ3) is 3.18. The summed E-state index contributed by atoms with van der Waals surface area (Å²) < 4.78 is 28.7. The fourth-order valence-corrected chi connectivity index (χ4v) is 3.50.